The number of aromatic hydroxyl groups is 2. The van der Waals surface area contributed by atoms with E-state index in [4.69, 9.17) is 9.47 Å². The van der Waals surface area contributed by atoms with Gasteiger partial charge in [-0.3, -0.25) is 35.1 Å². The minimum atomic E-state index is -0.616. The van der Waals surface area contributed by atoms with Gasteiger partial charge in [0.05, 0.1) is 20.9 Å². The van der Waals surface area contributed by atoms with Gasteiger partial charge in [0.25, 0.3) is 17.1 Å². The highest BCUT2D eigenvalue weighted by Crippen LogP contribution is 2.36. The van der Waals surface area contributed by atoms with Crippen molar-refractivity contribution in [3.05, 3.63) is 131 Å². The number of hydrogen-bond donors (Lipinski definition) is 3. The summed E-state index contributed by atoms with van der Waals surface area (Å²) in [5.74, 6) is 0.881. The lowest BCUT2D eigenvalue weighted by atomic mass is 9.75. The highest BCUT2D eigenvalue weighted by molar-refractivity contribution is 5.77. The number of nitro benzene ring substituents is 3. The maximum atomic E-state index is 12.8. The van der Waals surface area contributed by atoms with Gasteiger partial charge >= 0.3 is 0 Å². The number of nitrogens with zero attached hydrogens (tertiary/aromatic N) is 4. The van der Waals surface area contributed by atoms with E-state index in [1.807, 2.05) is 0 Å². The van der Waals surface area contributed by atoms with E-state index in [-0.39, 0.29) is 90.3 Å². The number of anilines is 1. The summed E-state index contributed by atoms with van der Waals surface area (Å²) in [6.07, 6.45) is 3.19. The molecule has 1 aliphatic rings. The van der Waals surface area contributed by atoms with Crippen LogP contribution >= 0.6 is 0 Å². The molecular weight excluding hydrogens is 726 g/mol. The number of phenolic OH excluding ortho intramolecular Hbond substituents is 2. The zero-order valence-corrected chi connectivity index (χ0v) is 31.3. The molecule has 5 rings (SSSR count). The zero-order chi connectivity index (χ0) is 40.5. The molecule has 56 heavy (non-hydrogen) atoms. The fraction of sp³-hybridized carbons (Fsp3) is 0.375. The van der Waals surface area contributed by atoms with Crippen molar-refractivity contribution in [2.75, 3.05) is 11.5 Å². The van der Waals surface area contributed by atoms with Crippen LogP contribution in [-0.4, -0.2) is 43.6 Å². The molecule has 0 bridgehead atoms. The second-order valence-electron chi connectivity index (χ2n) is 14.5. The van der Waals surface area contributed by atoms with E-state index in [1.165, 1.54) is 42.5 Å². The van der Waals surface area contributed by atoms with Crippen LogP contribution in [0.25, 0.3) is 0 Å². The van der Waals surface area contributed by atoms with Crippen LogP contribution in [-0.2, 0) is 35.8 Å². The quantitative estimate of drug-likeness (QED) is 0.0694. The maximum Gasteiger partial charge on any atom is 0.270 e. The maximum absolute atomic E-state index is 12.8. The Bertz CT molecular complexity index is 2060. The molecular formula is C40H45N5O11. The number of ether oxygens (including phenoxy) is 2. The molecule has 1 fully saturated rings. The lowest BCUT2D eigenvalue weighted by molar-refractivity contribution is -0.385. The average molecular weight is 772 g/mol. The van der Waals surface area contributed by atoms with Crippen LogP contribution in [0.2, 0.25) is 0 Å². The van der Waals surface area contributed by atoms with Crippen LogP contribution in [0.5, 0.6) is 17.2 Å². The van der Waals surface area contributed by atoms with E-state index in [9.17, 15) is 45.4 Å². The number of carbonyl (C=O) groups is 1. The summed E-state index contributed by atoms with van der Waals surface area (Å²) in [4.78, 5) is 47.5. The van der Waals surface area contributed by atoms with Crippen LogP contribution in [0.1, 0.15) is 62.3 Å². The Labute approximate surface area is 323 Å². The SMILES string of the molecule is CC1CCC(C(C)C)C(OCC(=O)NCc2ccc(N(Cc3cc([N+](=O)[O-])ccc3O)Cc3cc([N+](=O)[O-])ccc3OCc3cc([N+](=O)[O-])ccc3O)cc2)C1. The molecule has 1 aliphatic carbocycles. The third kappa shape index (κ3) is 10.7. The summed E-state index contributed by atoms with van der Waals surface area (Å²) >= 11 is 0. The summed E-state index contributed by atoms with van der Waals surface area (Å²) in [6, 6.07) is 18.1. The minimum absolute atomic E-state index is 0.0316. The summed E-state index contributed by atoms with van der Waals surface area (Å²) < 4.78 is 12.1. The van der Waals surface area contributed by atoms with E-state index in [2.05, 4.69) is 26.1 Å². The Kier molecular flexibility index (Phi) is 13.4. The first-order valence-corrected chi connectivity index (χ1v) is 18.2. The monoisotopic (exact) mass is 771 g/mol. The Morgan fingerprint density at radius 1 is 0.804 bits per heavy atom. The second-order valence-corrected chi connectivity index (χ2v) is 14.5. The average Bonchev–Trinajstić information content (AvgIpc) is 3.16. The lowest BCUT2D eigenvalue weighted by Gasteiger charge is -2.37. The zero-order valence-electron chi connectivity index (χ0n) is 31.3. The fourth-order valence-corrected chi connectivity index (χ4v) is 6.93. The van der Waals surface area contributed by atoms with Gasteiger partial charge < -0.3 is 29.9 Å². The van der Waals surface area contributed by atoms with Gasteiger partial charge in [0, 0.05) is 78.4 Å². The lowest BCUT2D eigenvalue weighted by Crippen LogP contribution is -2.37. The Morgan fingerprint density at radius 2 is 1.36 bits per heavy atom. The van der Waals surface area contributed by atoms with Crippen molar-refractivity contribution < 1.29 is 39.3 Å². The summed E-state index contributed by atoms with van der Waals surface area (Å²) in [6.45, 7) is 6.28. The molecule has 0 aliphatic heterocycles. The number of nitrogens with one attached hydrogen (secondary N) is 1. The molecule has 16 heteroatoms. The van der Waals surface area contributed by atoms with Crippen molar-refractivity contribution in [3.8, 4) is 17.2 Å². The third-order valence-electron chi connectivity index (χ3n) is 10.1. The van der Waals surface area contributed by atoms with E-state index in [1.54, 1.807) is 29.2 Å². The normalized spacial score (nSPS) is 16.6. The highest BCUT2D eigenvalue weighted by Gasteiger charge is 2.31. The number of phenols is 2. The van der Waals surface area contributed by atoms with Crippen molar-refractivity contribution in [3.63, 3.8) is 0 Å². The van der Waals surface area contributed by atoms with Gasteiger partial charge in [0.1, 0.15) is 30.5 Å². The van der Waals surface area contributed by atoms with Gasteiger partial charge in [-0.05, 0) is 66.5 Å². The first-order chi connectivity index (χ1) is 26.7. The molecule has 3 N–H and O–H groups in total. The second kappa shape index (κ2) is 18.4. The summed E-state index contributed by atoms with van der Waals surface area (Å²) in [5.41, 5.74) is 1.18. The van der Waals surface area contributed by atoms with Crippen molar-refractivity contribution in [2.45, 2.75) is 72.4 Å². The number of hydrogen-bond acceptors (Lipinski definition) is 12. The number of benzene rings is 4. The molecule has 3 atom stereocenters. The van der Waals surface area contributed by atoms with Crippen LogP contribution < -0.4 is 15.0 Å². The molecule has 1 amide bonds. The van der Waals surface area contributed by atoms with Crippen molar-refractivity contribution >= 4 is 28.7 Å². The molecule has 4 aromatic carbocycles. The van der Waals surface area contributed by atoms with Crippen LogP contribution in [0, 0.1) is 48.1 Å². The molecule has 3 unspecified atom stereocenters. The number of carbonyl (C=O) groups excluding carboxylic acids is 1. The van der Waals surface area contributed by atoms with Gasteiger partial charge in [-0.25, -0.2) is 0 Å². The van der Waals surface area contributed by atoms with E-state index < -0.39 is 14.8 Å². The molecule has 296 valence electrons. The van der Waals surface area contributed by atoms with E-state index in [0.717, 1.165) is 37.0 Å². The number of rotatable bonds is 17. The van der Waals surface area contributed by atoms with E-state index >= 15 is 0 Å². The summed E-state index contributed by atoms with van der Waals surface area (Å²) in [7, 11) is 0. The fourth-order valence-electron chi connectivity index (χ4n) is 6.93. The Hall–Kier alpha value is -6.29. The summed E-state index contributed by atoms with van der Waals surface area (Å²) in [5, 5.41) is 58.7. The van der Waals surface area contributed by atoms with Crippen molar-refractivity contribution in [1.82, 2.24) is 5.32 Å². The molecule has 0 spiro atoms. The molecule has 1 saturated carbocycles. The van der Waals surface area contributed by atoms with Crippen LogP contribution in [0.4, 0.5) is 22.7 Å². The van der Waals surface area contributed by atoms with Crippen LogP contribution in [0.15, 0.2) is 78.9 Å². The van der Waals surface area contributed by atoms with Gasteiger partial charge in [0.2, 0.25) is 5.91 Å². The molecule has 0 radical (unpaired) electrons. The standard InChI is InChI=1S/C40H45N5O11/c1-25(2)35-12-4-26(3)16-39(35)56-24-40(48)41-20-27-5-7-31(8-6-27)42(21-28-17-32(43(49)50)9-13-36(28)46)22-29-18-34(45(53)54)11-15-38(29)55-23-30-19-33(44(51)52)10-14-37(30)47/h5-11,13-15,17-19,25-26,35,39,46-47H,4,12,16,20-24H2,1-3H3,(H,41,48). The molecule has 0 aromatic heterocycles. The molecule has 16 nitrogen and oxygen atoms in total. The number of nitro groups is 3. The van der Waals surface area contributed by atoms with Gasteiger partial charge in [-0.1, -0.05) is 39.3 Å². The molecule has 0 heterocycles. The van der Waals surface area contributed by atoms with Gasteiger partial charge in [0.15, 0.2) is 0 Å². The Balaban J connectivity index is 1.37. The number of amides is 1. The van der Waals surface area contributed by atoms with Gasteiger partial charge in [-0.2, -0.15) is 0 Å². The topological polar surface area (TPSA) is 221 Å². The highest BCUT2D eigenvalue weighted by atomic mass is 16.6. The molecule has 4 aromatic rings. The van der Waals surface area contributed by atoms with Crippen LogP contribution in [0.3, 0.4) is 0 Å². The predicted molar refractivity (Wildman–Crippen MR) is 206 cm³/mol. The number of non-ortho nitro benzene ring substituents is 3. The van der Waals surface area contributed by atoms with Crippen molar-refractivity contribution in [1.29, 1.82) is 0 Å². The first kappa shape index (κ1) is 40.9. The largest absolute Gasteiger partial charge is 0.508 e. The minimum Gasteiger partial charge on any atom is -0.508 e. The van der Waals surface area contributed by atoms with E-state index in [0.29, 0.717) is 29.0 Å². The van der Waals surface area contributed by atoms with Crippen molar-refractivity contribution in [2.24, 2.45) is 17.8 Å². The molecule has 0 saturated heterocycles. The smallest absolute Gasteiger partial charge is 0.270 e. The van der Waals surface area contributed by atoms with Gasteiger partial charge in [-0.15, -0.1) is 0 Å². The third-order valence-corrected chi connectivity index (χ3v) is 10.1. The first-order valence-electron chi connectivity index (χ1n) is 18.2. The predicted octanol–water partition coefficient (Wildman–Crippen LogP) is 7.70. The Morgan fingerprint density at radius 3 is 1.96 bits per heavy atom.